The molecule has 16 heavy (non-hydrogen) atoms. The number of hydrogen-bond donors (Lipinski definition) is 1. The zero-order valence-corrected chi connectivity index (χ0v) is 9.01. The Morgan fingerprint density at radius 2 is 2.38 bits per heavy atom. The van der Waals surface area contributed by atoms with Gasteiger partial charge in [-0.2, -0.15) is 0 Å². The number of rotatable bonds is 3. The Morgan fingerprint density at radius 1 is 1.56 bits per heavy atom. The Hall–Kier alpha value is -1.84. The Morgan fingerprint density at radius 3 is 3.00 bits per heavy atom. The third-order valence-corrected chi connectivity index (χ3v) is 2.59. The number of benzene rings is 1. The molecule has 1 aromatic rings. The van der Waals surface area contributed by atoms with E-state index in [1.165, 1.54) is 0 Å². The van der Waals surface area contributed by atoms with Crippen LogP contribution >= 0.6 is 0 Å². The predicted octanol–water partition coefficient (Wildman–Crippen LogP) is 1.65. The van der Waals surface area contributed by atoms with Gasteiger partial charge in [0.25, 0.3) is 0 Å². The van der Waals surface area contributed by atoms with Crippen molar-refractivity contribution in [3.05, 3.63) is 35.4 Å². The largest absolute Gasteiger partial charge is 0.481 e. The van der Waals surface area contributed by atoms with Crippen LogP contribution in [0.15, 0.2) is 29.3 Å². The van der Waals surface area contributed by atoms with Gasteiger partial charge >= 0.3 is 5.97 Å². The van der Waals surface area contributed by atoms with Gasteiger partial charge in [-0.3, -0.25) is 4.79 Å². The molecule has 84 valence electrons. The van der Waals surface area contributed by atoms with E-state index in [2.05, 4.69) is 4.99 Å². The molecule has 0 spiro atoms. The van der Waals surface area contributed by atoms with E-state index in [0.29, 0.717) is 19.0 Å². The van der Waals surface area contributed by atoms with E-state index in [4.69, 9.17) is 9.84 Å². The topological polar surface area (TPSA) is 58.9 Å². The number of hydrogen-bond acceptors (Lipinski definition) is 3. The molecule has 0 radical (unpaired) electrons. The third kappa shape index (κ3) is 2.05. The van der Waals surface area contributed by atoms with Gasteiger partial charge in [-0.15, -0.1) is 0 Å². The summed E-state index contributed by atoms with van der Waals surface area (Å²) in [6.07, 6.45) is 0. The Labute approximate surface area is 93.6 Å². The Bertz CT molecular complexity index is 440. The highest BCUT2D eigenvalue weighted by Gasteiger charge is 2.16. The zero-order valence-electron chi connectivity index (χ0n) is 9.01. The molecule has 1 N–H and O–H groups in total. The highest BCUT2D eigenvalue weighted by Crippen LogP contribution is 2.18. The first kappa shape index (κ1) is 10.7. The van der Waals surface area contributed by atoms with E-state index in [1.807, 2.05) is 18.2 Å². The van der Waals surface area contributed by atoms with Crippen LogP contribution in [0.4, 0.5) is 0 Å². The quantitative estimate of drug-likeness (QED) is 0.840. The van der Waals surface area contributed by atoms with Crippen LogP contribution in [0.3, 0.4) is 0 Å². The van der Waals surface area contributed by atoms with Crippen molar-refractivity contribution in [3.8, 4) is 0 Å². The number of carboxylic acids is 1. The van der Waals surface area contributed by atoms with Gasteiger partial charge in [0, 0.05) is 5.56 Å². The molecule has 0 amide bonds. The van der Waals surface area contributed by atoms with Gasteiger partial charge < -0.3 is 9.84 Å². The summed E-state index contributed by atoms with van der Waals surface area (Å²) in [6, 6.07) is 7.33. The van der Waals surface area contributed by atoms with Crippen LogP contribution in [0.25, 0.3) is 0 Å². The number of aliphatic imine (C=N–C) groups is 1. The highest BCUT2D eigenvalue weighted by molar-refractivity contribution is 5.95. The zero-order chi connectivity index (χ0) is 11.5. The lowest BCUT2D eigenvalue weighted by atomic mass is 9.99. The molecule has 1 heterocycles. The molecular weight excluding hydrogens is 206 g/mol. The fourth-order valence-electron chi connectivity index (χ4n) is 1.59. The van der Waals surface area contributed by atoms with Crippen LogP contribution in [0.5, 0.6) is 0 Å². The standard InChI is InChI=1S/C12H13NO3/c1-8(12(14)15)9-3-2-4-10(7-9)11-13-5-6-16-11/h2-4,7-8H,5-6H2,1H3,(H,14,15). The first-order valence-electron chi connectivity index (χ1n) is 5.19. The van der Waals surface area contributed by atoms with Gasteiger partial charge in [0.15, 0.2) is 0 Å². The predicted molar refractivity (Wildman–Crippen MR) is 59.8 cm³/mol. The van der Waals surface area contributed by atoms with Gasteiger partial charge in [0.2, 0.25) is 5.90 Å². The van der Waals surface area contributed by atoms with Crippen molar-refractivity contribution in [1.82, 2.24) is 0 Å². The second-order valence-electron chi connectivity index (χ2n) is 3.72. The molecule has 0 fully saturated rings. The van der Waals surface area contributed by atoms with E-state index >= 15 is 0 Å². The van der Waals surface area contributed by atoms with Gasteiger partial charge in [0.05, 0.1) is 12.5 Å². The van der Waals surface area contributed by atoms with Crippen molar-refractivity contribution in [2.24, 2.45) is 4.99 Å². The van der Waals surface area contributed by atoms with Crippen molar-refractivity contribution in [2.75, 3.05) is 13.2 Å². The summed E-state index contributed by atoms with van der Waals surface area (Å²) in [6.45, 7) is 2.95. The lowest BCUT2D eigenvalue weighted by Gasteiger charge is -2.08. The van der Waals surface area contributed by atoms with E-state index in [1.54, 1.807) is 13.0 Å². The monoisotopic (exact) mass is 219 g/mol. The average molecular weight is 219 g/mol. The van der Waals surface area contributed by atoms with Crippen LogP contribution in [-0.4, -0.2) is 30.1 Å². The normalized spacial score (nSPS) is 16.4. The lowest BCUT2D eigenvalue weighted by Crippen LogP contribution is -2.09. The minimum absolute atomic E-state index is 0.512. The number of carboxylic acid groups (broad SMARTS) is 1. The van der Waals surface area contributed by atoms with E-state index in [0.717, 1.165) is 11.1 Å². The molecule has 2 rings (SSSR count). The maximum atomic E-state index is 10.9. The molecule has 1 aliphatic rings. The summed E-state index contributed by atoms with van der Waals surface area (Å²) in [7, 11) is 0. The molecule has 1 aliphatic heterocycles. The molecule has 4 nitrogen and oxygen atoms in total. The van der Waals surface area contributed by atoms with Crippen LogP contribution in [0.1, 0.15) is 24.0 Å². The number of ether oxygens (including phenoxy) is 1. The summed E-state index contributed by atoms with van der Waals surface area (Å²) in [5, 5.41) is 8.93. The van der Waals surface area contributed by atoms with Gasteiger partial charge in [-0.25, -0.2) is 4.99 Å². The van der Waals surface area contributed by atoms with Crippen molar-refractivity contribution in [2.45, 2.75) is 12.8 Å². The third-order valence-electron chi connectivity index (χ3n) is 2.59. The molecule has 1 unspecified atom stereocenters. The van der Waals surface area contributed by atoms with Crippen molar-refractivity contribution in [1.29, 1.82) is 0 Å². The van der Waals surface area contributed by atoms with Gasteiger partial charge in [0.1, 0.15) is 6.61 Å². The lowest BCUT2D eigenvalue weighted by molar-refractivity contribution is -0.138. The summed E-state index contributed by atoms with van der Waals surface area (Å²) >= 11 is 0. The summed E-state index contributed by atoms with van der Waals surface area (Å²) in [5.41, 5.74) is 1.62. The fourth-order valence-corrected chi connectivity index (χ4v) is 1.59. The van der Waals surface area contributed by atoms with Crippen LogP contribution in [-0.2, 0) is 9.53 Å². The minimum atomic E-state index is -0.827. The first-order chi connectivity index (χ1) is 7.68. The maximum Gasteiger partial charge on any atom is 0.310 e. The summed E-state index contributed by atoms with van der Waals surface area (Å²) in [4.78, 5) is 15.1. The number of aliphatic carboxylic acids is 1. The molecule has 0 saturated carbocycles. The molecule has 0 aliphatic carbocycles. The smallest absolute Gasteiger partial charge is 0.310 e. The van der Waals surface area contributed by atoms with E-state index < -0.39 is 11.9 Å². The maximum absolute atomic E-state index is 10.9. The fraction of sp³-hybridized carbons (Fsp3) is 0.333. The summed E-state index contributed by atoms with van der Waals surface area (Å²) < 4.78 is 5.34. The summed E-state index contributed by atoms with van der Waals surface area (Å²) in [5.74, 6) is -0.729. The second kappa shape index (κ2) is 4.35. The van der Waals surface area contributed by atoms with Crippen molar-refractivity contribution in [3.63, 3.8) is 0 Å². The molecular formula is C12H13NO3. The van der Waals surface area contributed by atoms with E-state index in [9.17, 15) is 4.79 Å². The molecule has 0 aromatic heterocycles. The van der Waals surface area contributed by atoms with Gasteiger partial charge in [-0.1, -0.05) is 12.1 Å². The van der Waals surface area contributed by atoms with Crippen molar-refractivity contribution >= 4 is 11.9 Å². The SMILES string of the molecule is CC(C(=O)O)c1cccc(C2=NCCO2)c1. The average Bonchev–Trinajstić information content (AvgIpc) is 2.81. The molecule has 1 atom stereocenters. The molecule has 4 heteroatoms. The minimum Gasteiger partial charge on any atom is -0.481 e. The molecule has 0 saturated heterocycles. The van der Waals surface area contributed by atoms with E-state index in [-0.39, 0.29) is 0 Å². The molecule has 0 bridgehead atoms. The van der Waals surface area contributed by atoms with Crippen LogP contribution in [0, 0.1) is 0 Å². The highest BCUT2D eigenvalue weighted by atomic mass is 16.5. The Kier molecular flexibility index (Phi) is 2.90. The van der Waals surface area contributed by atoms with Crippen LogP contribution < -0.4 is 0 Å². The number of nitrogens with zero attached hydrogens (tertiary/aromatic N) is 1. The van der Waals surface area contributed by atoms with Crippen molar-refractivity contribution < 1.29 is 14.6 Å². The first-order valence-corrected chi connectivity index (χ1v) is 5.19. The van der Waals surface area contributed by atoms with Crippen LogP contribution in [0.2, 0.25) is 0 Å². The molecule has 1 aromatic carbocycles. The second-order valence-corrected chi connectivity index (χ2v) is 3.72. The Balaban J connectivity index is 2.29. The number of carbonyl (C=O) groups is 1. The van der Waals surface area contributed by atoms with Gasteiger partial charge in [-0.05, 0) is 24.6 Å².